The zero-order valence-corrected chi connectivity index (χ0v) is 11.0. The fraction of sp³-hybridized carbons (Fsp3) is 0.333. The number of halogens is 1. The lowest BCUT2D eigenvalue weighted by molar-refractivity contribution is 0.472. The molecule has 1 unspecified atom stereocenters. The summed E-state index contributed by atoms with van der Waals surface area (Å²) in [4.78, 5) is 0. The van der Waals surface area contributed by atoms with E-state index in [0.717, 1.165) is 18.1 Å². The standard InChI is InChI=1S/C15H15ClN2/c1-9-4-12-13-6-11(16)5-10-2-3-18(15(10)13)8-14(12)17-7-9/h2-6,9,14,17H,7-8H2,1H3/t9-,14?/m1/s1. The highest BCUT2D eigenvalue weighted by Gasteiger charge is 2.28. The van der Waals surface area contributed by atoms with Crippen LogP contribution in [0.1, 0.15) is 12.5 Å². The van der Waals surface area contributed by atoms with Crippen LogP contribution in [0.3, 0.4) is 0 Å². The van der Waals surface area contributed by atoms with Gasteiger partial charge in [0.25, 0.3) is 0 Å². The molecule has 2 aromatic rings. The van der Waals surface area contributed by atoms with Gasteiger partial charge in [-0.1, -0.05) is 24.6 Å². The lowest BCUT2D eigenvalue weighted by Crippen LogP contribution is -2.42. The number of nitrogens with zero attached hydrogens (tertiary/aromatic N) is 1. The molecule has 1 aromatic heterocycles. The fourth-order valence-corrected chi connectivity index (χ4v) is 3.47. The van der Waals surface area contributed by atoms with Crippen LogP contribution in [0.5, 0.6) is 0 Å². The van der Waals surface area contributed by atoms with Crippen LogP contribution in [0.2, 0.25) is 5.02 Å². The molecule has 2 atom stereocenters. The van der Waals surface area contributed by atoms with E-state index in [1.165, 1.54) is 22.0 Å². The third-order valence-corrected chi connectivity index (χ3v) is 4.26. The number of hydrogen-bond donors (Lipinski definition) is 1. The van der Waals surface area contributed by atoms with E-state index in [0.29, 0.717) is 12.0 Å². The van der Waals surface area contributed by atoms with Crippen molar-refractivity contribution in [3.63, 3.8) is 0 Å². The molecule has 18 heavy (non-hydrogen) atoms. The monoisotopic (exact) mass is 258 g/mol. The Morgan fingerprint density at radius 3 is 3.17 bits per heavy atom. The first-order valence-electron chi connectivity index (χ1n) is 6.46. The lowest BCUT2D eigenvalue weighted by Gasteiger charge is -2.33. The summed E-state index contributed by atoms with van der Waals surface area (Å²) in [5, 5.41) is 5.71. The van der Waals surface area contributed by atoms with E-state index in [2.05, 4.69) is 47.3 Å². The second-order valence-corrected chi connectivity index (χ2v) is 5.86. The van der Waals surface area contributed by atoms with Crippen LogP contribution in [0, 0.1) is 5.92 Å². The van der Waals surface area contributed by atoms with Crippen molar-refractivity contribution in [1.82, 2.24) is 9.88 Å². The molecular weight excluding hydrogens is 244 g/mol. The summed E-state index contributed by atoms with van der Waals surface area (Å²) >= 11 is 6.25. The molecule has 92 valence electrons. The minimum Gasteiger partial charge on any atom is -0.345 e. The number of nitrogens with one attached hydrogen (secondary N) is 1. The van der Waals surface area contributed by atoms with E-state index in [4.69, 9.17) is 11.6 Å². The second kappa shape index (κ2) is 3.62. The van der Waals surface area contributed by atoms with Crippen LogP contribution in [0.15, 0.2) is 30.5 Å². The largest absolute Gasteiger partial charge is 0.345 e. The molecule has 0 amide bonds. The number of rotatable bonds is 0. The van der Waals surface area contributed by atoms with Gasteiger partial charge in [-0.2, -0.15) is 0 Å². The Morgan fingerprint density at radius 1 is 1.39 bits per heavy atom. The summed E-state index contributed by atoms with van der Waals surface area (Å²) in [5.74, 6) is 0.590. The van der Waals surface area contributed by atoms with E-state index in [9.17, 15) is 0 Å². The fourth-order valence-electron chi connectivity index (χ4n) is 3.24. The first-order valence-corrected chi connectivity index (χ1v) is 6.84. The molecule has 1 N–H and O–H groups in total. The van der Waals surface area contributed by atoms with Crippen LogP contribution < -0.4 is 5.32 Å². The average molecular weight is 259 g/mol. The van der Waals surface area contributed by atoms with Crippen molar-refractivity contribution >= 4 is 28.1 Å². The highest BCUT2D eigenvalue weighted by Crippen LogP contribution is 2.37. The molecule has 4 rings (SSSR count). The zero-order chi connectivity index (χ0) is 12.3. The SMILES string of the molecule is C[C@@H]1C=C2c3cc(Cl)cc4ccn(c34)CC2NC1. The predicted octanol–water partition coefficient (Wildman–Crippen LogP) is 3.30. The molecule has 0 saturated carbocycles. The minimum absolute atomic E-state index is 0.433. The summed E-state index contributed by atoms with van der Waals surface area (Å²) in [6.45, 7) is 4.34. The highest BCUT2D eigenvalue weighted by atomic mass is 35.5. The van der Waals surface area contributed by atoms with Crippen molar-refractivity contribution in [2.24, 2.45) is 5.92 Å². The quantitative estimate of drug-likeness (QED) is 0.767. The van der Waals surface area contributed by atoms with Crippen LogP contribution in [-0.4, -0.2) is 17.2 Å². The maximum absolute atomic E-state index is 6.25. The average Bonchev–Trinajstić information content (AvgIpc) is 2.74. The van der Waals surface area contributed by atoms with E-state index in [1.54, 1.807) is 0 Å². The normalized spacial score (nSPS) is 26.0. The van der Waals surface area contributed by atoms with E-state index in [1.807, 2.05) is 0 Å². The topological polar surface area (TPSA) is 17.0 Å². The molecule has 2 aliphatic heterocycles. The third kappa shape index (κ3) is 1.39. The minimum atomic E-state index is 0.433. The predicted molar refractivity (Wildman–Crippen MR) is 75.9 cm³/mol. The maximum atomic E-state index is 6.25. The highest BCUT2D eigenvalue weighted by molar-refractivity contribution is 6.31. The lowest BCUT2D eigenvalue weighted by atomic mass is 9.88. The number of hydrogen-bond acceptors (Lipinski definition) is 1. The van der Waals surface area contributed by atoms with Gasteiger partial charge in [0.1, 0.15) is 0 Å². The maximum Gasteiger partial charge on any atom is 0.0558 e. The summed E-state index contributed by atoms with van der Waals surface area (Å²) in [7, 11) is 0. The summed E-state index contributed by atoms with van der Waals surface area (Å²) in [5.41, 5.74) is 4.06. The van der Waals surface area contributed by atoms with Gasteiger partial charge in [0.15, 0.2) is 0 Å². The van der Waals surface area contributed by atoms with E-state index < -0.39 is 0 Å². The summed E-state index contributed by atoms with van der Waals surface area (Å²) in [6.07, 6.45) is 4.57. The Morgan fingerprint density at radius 2 is 2.28 bits per heavy atom. The Labute approximate surface area is 111 Å². The van der Waals surface area contributed by atoms with Crippen LogP contribution >= 0.6 is 11.6 Å². The molecule has 1 aromatic carbocycles. The Balaban J connectivity index is 2.05. The Kier molecular flexibility index (Phi) is 2.14. The molecule has 0 saturated heterocycles. The number of benzene rings is 1. The molecule has 0 spiro atoms. The van der Waals surface area contributed by atoms with Gasteiger partial charge in [0, 0.05) is 35.3 Å². The molecule has 2 aliphatic rings. The van der Waals surface area contributed by atoms with Crippen molar-refractivity contribution in [1.29, 1.82) is 0 Å². The van der Waals surface area contributed by atoms with Crippen LogP contribution in [-0.2, 0) is 6.54 Å². The van der Waals surface area contributed by atoms with Crippen molar-refractivity contribution in [3.05, 3.63) is 41.1 Å². The van der Waals surface area contributed by atoms with E-state index in [-0.39, 0.29) is 0 Å². The van der Waals surface area contributed by atoms with Crippen molar-refractivity contribution < 1.29 is 0 Å². The molecule has 3 heteroatoms. The summed E-state index contributed by atoms with van der Waals surface area (Å²) in [6, 6.07) is 6.75. The third-order valence-electron chi connectivity index (χ3n) is 4.04. The van der Waals surface area contributed by atoms with Gasteiger partial charge < -0.3 is 9.88 Å². The van der Waals surface area contributed by atoms with Gasteiger partial charge in [-0.15, -0.1) is 0 Å². The van der Waals surface area contributed by atoms with Crippen molar-refractivity contribution in [2.45, 2.75) is 19.5 Å². The van der Waals surface area contributed by atoms with Crippen LogP contribution in [0.4, 0.5) is 0 Å². The molecule has 0 fully saturated rings. The Bertz CT molecular complexity index is 668. The molecule has 0 aliphatic carbocycles. The van der Waals surface area contributed by atoms with E-state index >= 15 is 0 Å². The van der Waals surface area contributed by atoms with Gasteiger partial charge in [0.05, 0.1) is 11.6 Å². The molecule has 0 bridgehead atoms. The van der Waals surface area contributed by atoms with Crippen molar-refractivity contribution in [3.8, 4) is 0 Å². The second-order valence-electron chi connectivity index (χ2n) is 5.42. The van der Waals surface area contributed by atoms with Crippen LogP contribution in [0.25, 0.3) is 16.5 Å². The van der Waals surface area contributed by atoms with Crippen molar-refractivity contribution in [2.75, 3.05) is 6.54 Å². The van der Waals surface area contributed by atoms with Gasteiger partial charge in [0.2, 0.25) is 0 Å². The zero-order valence-electron chi connectivity index (χ0n) is 10.3. The van der Waals surface area contributed by atoms with Gasteiger partial charge in [-0.3, -0.25) is 0 Å². The Hall–Kier alpha value is -1.25. The molecule has 0 radical (unpaired) electrons. The summed E-state index contributed by atoms with van der Waals surface area (Å²) < 4.78 is 2.34. The van der Waals surface area contributed by atoms with Gasteiger partial charge in [-0.05, 0) is 29.7 Å². The number of aromatic nitrogens is 1. The van der Waals surface area contributed by atoms with Gasteiger partial charge in [-0.25, -0.2) is 0 Å². The smallest absolute Gasteiger partial charge is 0.0558 e. The molecule has 3 heterocycles. The first kappa shape index (κ1) is 10.7. The first-order chi connectivity index (χ1) is 8.72. The van der Waals surface area contributed by atoms with Gasteiger partial charge >= 0.3 is 0 Å². The molecule has 2 nitrogen and oxygen atoms in total. The number of fused-ring (bicyclic) bond motifs is 2. The molecular formula is C15H15ClN2.